The second-order valence-corrected chi connectivity index (χ2v) is 6.67. The summed E-state index contributed by atoms with van der Waals surface area (Å²) in [6.07, 6.45) is 0. The van der Waals surface area contributed by atoms with E-state index in [1.54, 1.807) is 6.07 Å². The smallest absolute Gasteiger partial charge is 0.335 e. The summed E-state index contributed by atoms with van der Waals surface area (Å²) in [7, 11) is -3.89. The van der Waals surface area contributed by atoms with Crippen molar-refractivity contribution >= 4 is 33.3 Å². The number of aromatic carboxylic acids is 1. The van der Waals surface area contributed by atoms with Crippen LogP contribution in [0, 0.1) is 0 Å². The molecule has 2 aromatic carbocycles. The molecule has 9 heteroatoms. The van der Waals surface area contributed by atoms with Crippen LogP contribution in [0.3, 0.4) is 0 Å². The number of benzene rings is 2. The summed E-state index contributed by atoms with van der Waals surface area (Å²) in [6, 6.07) is 9.30. The van der Waals surface area contributed by atoms with Gasteiger partial charge in [-0.05, 0) is 42.5 Å². The van der Waals surface area contributed by atoms with Gasteiger partial charge in [0.2, 0.25) is 0 Å². The van der Waals surface area contributed by atoms with Gasteiger partial charge in [0.15, 0.2) is 6.61 Å². The van der Waals surface area contributed by atoms with Gasteiger partial charge in [-0.3, -0.25) is 9.52 Å². The summed E-state index contributed by atoms with van der Waals surface area (Å²) in [4.78, 5) is 22.0. The van der Waals surface area contributed by atoms with Crippen molar-refractivity contribution in [3.8, 4) is 5.75 Å². The Morgan fingerprint density at radius 1 is 1.17 bits per heavy atom. The van der Waals surface area contributed by atoms with Crippen LogP contribution in [-0.2, 0) is 14.8 Å². The van der Waals surface area contributed by atoms with Gasteiger partial charge in [-0.25, -0.2) is 13.2 Å². The number of rotatable bonds is 4. The van der Waals surface area contributed by atoms with Gasteiger partial charge in [-0.2, -0.15) is 0 Å². The van der Waals surface area contributed by atoms with E-state index in [-0.39, 0.29) is 28.7 Å². The molecule has 124 valence electrons. The maximum absolute atomic E-state index is 12.3. The molecule has 3 N–H and O–H groups in total. The molecule has 1 aliphatic heterocycles. The predicted octanol–water partition coefficient (Wildman–Crippen LogP) is 1.52. The second-order valence-electron chi connectivity index (χ2n) is 4.98. The first-order valence-corrected chi connectivity index (χ1v) is 8.26. The SMILES string of the molecule is O=C1COc2ccc(NS(=O)(=O)c3ccc(C(=O)O)cc3)cc2N1. The third kappa shape index (κ3) is 3.15. The maximum atomic E-state index is 12.3. The zero-order valence-electron chi connectivity index (χ0n) is 12.1. The highest BCUT2D eigenvalue weighted by Crippen LogP contribution is 2.31. The average molecular weight is 348 g/mol. The van der Waals surface area contributed by atoms with Crippen LogP contribution >= 0.6 is 0 Å². The molecule has 0 fully saturated rings. The van der Waals surface area contributed by atoms with Crippen LogP contribution in [0.2, 0.25) is 0 Å². The largest absolute Gasteiger partial charge is 0.482 e. The van der Waals surface area contributed by atoms with Gasteiger partial charge in [-0.1, -0.05) is 0 Å². The van der Waals surface area contributed by atoms with Crippen molar-refractivity contribution in [1.29, 1.82) is 0 Å². The molecule has 8 nitrogen and oxygen atoms in total. The molecule has 0 spiro atoms. The third-order valence-electron chi connectivity index (χ3n) is 3.28. The first kappa shape index (κ1) is 15.8. The maximum Gasteiger partial charge on any atom is 0.335 e. The Hall–Kier alpha value is -3.07. The zero-order chi connectivity index (χ0) is 17.3. The van der Waals surface area contributed by atoms with E-state index in [0.717, 1.165) is 0 Å². The van der Waals surface area contributed by atoms with Gasteiger partial charge >= 0.3 is 5.97 Å². The van der Waals surface area contributed by atoms with Gasteiger partial charge in [0.1, 0.15) is 5.75 Å². The van der Waals surface area contributed by atoms with Crippen molar-refractivity contribution in [3.05, 3.63) is 48.0 Å². The van der Waals surface area contributed by atoms with Crippen molar-refractivity contribution in [3.63, 3.8) is 0 Å². The van der Waals surface area contributed by atoms with Crippen LogP contribution in [-0.4, -0.2) is 32.0 Å². The fourth-order valence-electron chi connectivity index (χ4n) is 2.14. The van der Waals surface area contributed by atoms with Crippen molar-refractivity contribution in [2.45, 2.75) is 4.90 Å². The predicted molar refractivity (Wildman–Crippen MR) is 84.8 cm³/mol. The van der Waals surface area contributed by atoms with E-state index in [2.05, 4.69) is 10.0 Å². The van der Waals surface area contributed by atoms with Crippen LogP contribution in [0.15, 0.2) is 47.4 Å². The minimum atomic E-state index is -3.89. The number of carboxylic acids is 1. The van der Waals surface area contributed by atoms with E-state index < -0.39 is 16.0 Å². The van der Waals surface area contributed by atoms with E-state index in [0.29, 0.717) is 11.4 Å². The summed E-state index contributed by atoms with van der Waals surface area (Å²) in [5, 5.41) is 11.4. The summed E-state index contributed by atoms with van der Waals surface area (Å²) in [6.45, 7) is -0.0893. The van der Waals surface area contributed by atoms with E-state index in [9.17, 15) is 18.0 Å². The normalized spacial score (nSPS) is 13.4. The van der Waals surface area contributed by atoms with Crippen molar-refractivity contribution < 1.29 is 27.9 Å². The summed E-state index contributed by atoms with van der Waals surface area (Å²) in [5.41, 5.74) is 0.595. The van der Waals surface area contributed by atoms with Crippen LogP contribution in [0.5, 0.6) is 5.75 Å². The monoisotopic (exact) mass is 348 g/mol. The fourth-order valence-corrected chi connectivity index (χ4v) is 3.19. The minimum absolute atomic E-state index is 0.0115. The topological polar surface area (TPSA) is 122 Å². The van der Waals surface area contributed by atoms with Crippen molar-refractivity contribution in [2.75, 3.05) is 16.6 Å². The molecule has 1 aliphatic rings. The highest BCUT2D eigenvalue weighted by Gasteiger charge is 2.19. The average Bonchev–Trinajstić information content (AvgIpc) is 2.54. The van der Waals surface area contributed by atoms with E-state index in [4.69, 9.17) is 9.84 Å². The molecule has 0 aromatic heterocycles. The van der Waals surface area contributed by atoms with Crippen molar-refractivity contribution in [1.82, 2.24) is 0 Å². The van der Waals surface area contributed by atoms with Crippen LogP contribution in [0.4, 0.5) is 11.4 Å². The summed E-state index contributed by atoms with van der Waals surface area (Å²) >= 11 is 0. The number of sulfonamides is 1. The molecule has 0 aliphatic carbocycles. The third-order valence-corrected chi connectivity index (χ3v) is 4.67. The highest BCUT2D eigenvalue weighted by atomic mass is 32.2. The Kier molecular flexibility index (Phi) is 3.86. The van der Waals surface area contributed by atoms with E-state index in [1.807, 2.05) is 0 Å². The quantitative estimate of drug-likeness (QED) is 0.770. The summed E-state index contributed by atoms with van der Waals surface area (Å²) < 4.78 is 32.2. The number of amides is 1. The second kappa shape index (κ2) is 5.85. The number of carboxylic acid groups (broad SMARTS) is 1. The lowest BCUT2D eigenvalue weighted by molar-refractivity contribution is -0.118. The van der Waals surface area contributed by atoms with Gasteiger partial charge in [0.05, 0.1) is 21.8 Å². The number of anilines is 2. The van der Waals surface area contributed by atoms with Crippen LogP contribution in [0.1, 0.15) is 10.4 Å². The Morgan fingerprint density at radius 3 is 2.54 bits per heavy atom. The van der Waals surface area contributed by atoms with Gasteiger partial charge in [0, 0.05) is 0 Å². The number of fused-ring (bicyclic) bond motifs is 1. The number of nitrogens with one attached hydrogen (secondary N) is 2. The number of carbonyl (C=O) groups excluding carboxylic acids is 1. The molecule has 0 saturated carbocycles. The molecule has 0 radical (unpaired) electrons. The molecule has 0 saturated heterocycles. The molecule has 0 atom stereocenters. The Bertz CT molecular complexity index is 921. The van der Waals surface area contributed by atoms with Crippen LogP contribution in [0.25, 0.3) is 0 Å². The van der Waals surface area contributed by atoms with Crippen molar-refractivity contribution in [2.24, 2.45) is 0 Å². The van der Waals surface area contributed by atoms with Crippen LogP contribution < -0.4 is 14.8 Å². The first-order valence-electron chi connectivity index (χ1n) is 6.78. The summed E-state index contributed by atoms with van der Waals surface area (Å²) in [5.74, 6) is -1.02. The molecule has 0 unspecified atom stereocenters. The molecule has 1 amide bonds. The first-order chi connectivity index (χ1) is 11.3. The van der Waals surface area contributed by atoms with Gasteiger partial charge in [0.25, 0.3) is 15.9 Å². The Labute approximate surface area is 137 Å². The molecule has 3 rings (SSSR count). The number of hydrogen-bond donors (Lipinski definition) is 3. The van der Waals surface area contributed by atoms with Gasteiger partial charge in [-0.15, -0.1) is 0 Å². The number of hydrogen-bond acceptors (Lipinski definition) is 5. The number of ether oxygens (including phenoxy) is 1. The molecular weight excluding hydrogens is 336 g/mol. The zero-order valence-corrected chi connectivity index (χ0v) is 13.0. The van der Waals surface area contributed by atoms with E-state index in [1.165, 1.54) is 36.4 Å². The highest BCUT2D eigenvalue weighted by molar-refractivity contribution is 7.92. The lowest BCUT2D eigenvalue weighted by Crippen LogP contribution is -2.25. The number of carbonyl (C=O) groups is 2. The Morgan fingerprint density at radius 2 is 1.88 bits per heavy atom. The molecule has 1 heterocycles. The standard InChI is InChI=1S/C15H12N2O6S/c18-14-8-23-13-6-3-10(7-12(13)16-14)17-24(21,22)11-4-1-9(2-5-11)15(19)20/h1-7,17H,8H2,(H,16,18)(H,19,20). The van der Waals surface area contributed by atoms with E-state index >= 15 is 0 Å². The fraction of sp³-hybridized carbons (Fsp3) is 0.0667. The molecule has 2 aromatic rings. The van der Waals surface area contributed by atoms with Gasteiger partial charge < -0.3 is 15.2 Å². The molecule has 0 bridgehead atoms. The Balaban J connectivity index is 1.85. The molecular formula is C15H12N2O6S. The molecule has 24 heavy (non-hydrogen) atoms. The minimum Gasteiger partial charge on any atom is -0.482 e. The lowest BCUT2D eigenvalue weighted by Gasteiger charge is -2.18. The lowest BCUT2D eigenvalue weighted by atomic mass is 10.2.